The van der Waals surface area contributed by atoms with E-state index in [9.17, 15) is 38.0 Å². The standard InChI is InChI=1S/C29H21ClF3N3O4.C11H8ClNO/c30-22-8-6-20(7-9-22)27(37)21-12-13-34(16-21)18-28(38,29(31,32)33)25-17-35(15-19-4-2-1-3-5-19)26-14-23(36(39)40)10-11-24(25)26;12-10-3-1-8(2-4-10)11(14)9-5-6-13-7-9/h1-14,16-17,38H,15,18H2;1-7,13H. The van der Waals surface area contributed by atoms with E-state index in [0.29, 0.717) is 26.7 Å². The van der Waals surface area contributed by atoms with Gasteiger partial charge in [-0.2, -0.15) is 13.2 Å². The molecule has 0 radical (unpaired) electrons. The molecule has 0 amide bonds. The number of aromatic nitrogens is 3. The summed E-state index contributed by atoms with van der Waals surface area (Å²) in [5.41, 5.74) is -1.47. The Bertz CT molecular complexity index is 2430. The molecule has 0 spiro atoms. The summed E-state index contributed by atoms with van der Waals surface area (Å²) in [5, 5.41) is 23.8. The van der Waals surface area contributed by atoms with Gasteiger partial charge >= 0.3 is 6.18 Å². The largest absolute Gasteiger partial charge is 0.423 e. The fourth-order valence-corrected chi connectivity index (χ4v) is 6.15. The molecule has 7 aromatic rings. The number of halogens is 5. The number of hydrogen-bond donors (Lipinski definition) is 2. The number of non-ortho nitro benzene ring substituents is 1. The fraction of sp³-hybridized carbons (Fsp3) is 0.100. The Labute approximate surface area is 316 Å². The highest BCUT2D eigenvalue weighted by molar-refractivity contribution is 6.31. The molecule has 54 heavy (non-hydrogen) atoms. The van der Waals surface area contributed by atoms with Gasteiger partial charge in [-0.15, -0.1) is 0 Å². The molecule has 0 aliphatic carbocycles. The van der Waals surface area contributed by atoms with Crippen LogP contribution in [0.15, 0.2) is 140 Å². The Morgan fingerprint density at radius 3 is 1.94 bits per heavy atom. The maximum absolute atomic E-state index is 14.7. The zero-order valence-corrected chi connectivity index (χ0v) is 29.5. The Morgan fingerprint density at radius 1 is 0.778 bits per heavy atom. The van der Waals surface area contributed by atoms with Gasteiger partial charge in [0, 0.05) is 92.9 Å². The molecule has 3 aromatic heterocycles. The molecule has 0 fully saturated rings. The molecule has 9 nitrogen and oxygen atoms in total. The number of nitrogens with one attached hydrogen (secondary N) is 1. The van der Waals surface area contributed by atoms with Crippen molar-refractivity contribution in [3.05, 3.63) is 194 Å². The average molecular weight is 774 g/mol. The minimum atomic E-state index is -5.13. The number of nitro groups is 1. The molecule has 7 rings (SSSR count). The number of benzene rings is 4. The third-order valence-corrected chi connectivity index (χ3v) is 9.19. The summed E-state index contributed by atoms with van der Waals surface area (Å²) in [7, 11) is 0. The van der Waals surface area contributed by atoms with Crippen molar-refractivity contribution in [2.45, 2.75) is 24.9 Å². The first-order chi connectivity index (χ1) is 25.7. The van der Waals surface area contributed by atoms with Crippen LogP contribution in [0.4, 0.5) is 18.9 Å². The number of aliphatic hydroxyl groups is 1. The van der Waals surface area contributed by atoms with Gasteiger partial charge in [0.15, 0.2) is 11.6 Å². The van der Waals surface area contributed by atoms with Crippen molar-refractivity contribution >= 4 is 51.4 Å². The third kappa shape index (κ3) is 8.16. The highest BCUT2D eigenvalue weighted by atomic mass is 35.5. The second-order valence-electron chi connectivity index (χ2n) is 12.3. The molecule has 274 valence electrons. The van der Waals surface area contributed by atoms with Crippen LogP contribution in [0.1, 0.15) is 43.0 Å². The lowest BCUT2D eigenvalue weighted by molar-refractivity contribution is -0.384. The van der Waals surface area contributed by atoms with Crippen molar-refractivity contribution in [3.8, 4) is 0 Å². The van der Waals surface area contributed by atoms with Crippen molar-refractivity contribution in [1.29, 1.82) is 0 Å². The molecule has 0 aliphatic heterocycles. The zero-order valence-electron chi connectivity index (χ0n) is 28.0. The van der Waals surface area contributed by atoms with Crippen LogP contribution in [-0.4, -0.2) is 41.9 Å². The van der Waals surface area contributed by atoms with Crippen molar-refractivity contribution in [1.82, 2.24) is 14.1 Å². The number of hydrogen-bond acceptors (Lipinski definition) is 5. The third-order valence-electron chi connectivity index (χ3n) is 8.68. The molecule has 0 saturated carbocycles. The van der Waals surface area contributed by atoms with Gasteiger partial charge in [-0.25, -0.2) is 0 Å². The van der Waals surface area contributed by atoms with E-state index in [-0.39, 0.29) is 34.5 Å². The fourth-order valence-electron chi connectivity index (χ4n) is 5.90. The van der Waals surface area contributed by atoms with E-state index < -0.39 is 34.6 Å². The summed E-state index contributed by atoms with van der Waals surface area (Å²) in [6.07, 6.45) is 1.97. The number of rotatable bonds is 10. The van der Waals surface area contributed by atoms with Crippen LogP contribution in [0, 0.1) is 10.1 Å². The highest BCUT2D eigenvalue weighted by Gasteiger charge is 2.56. The SMILES string of the molecule is O=C(c1ccc(Cl)cc1)c1cc[nH]c1.O=C(c1ccc(Cl)cc1)c1ccn(CC(O)(c2cn(Cc3ccccc3)c3cc([N+](=O)[O-])ccc23)C(F)(F)F)c1. The number of aromatic amines is 1. The smallest absolute Gasteiger partial charge is 0.375 e. The van der Waals surface area contributed by atoms with Gasteiger partial charge in [-0.1, -0.05) is 53.5 Å². The van der Waals surface area contributed by atoms with E-state index in [1.807, 2.05) is 0 Å². The van der Waals surface area contributed by atoms with Crippen LogP contribution in [0.3, 0.4) is 0 Å². The first kappa shape index (κ1) is 37.8. The lowest BCUT2D eigenvalue weighted by Crippen LogP contribution is -2.45. The van der Waals surface area contributed by atoms with Gasteiger partial charge in [-0.05, 0) is 72.3 Å². The molecule has 2 N–H and O–H groups in total. The quantitative estimate of drug-likeness (QED) is 0.0815. The molecule has 14 heteroatoms. The van der Waals surface area contributed by atoms with Crippen molar-refractivity contribution in [3.63, 3.8) is 0 Å². The summed E-state index contributed by atoms with van der Waals surface area (Å²) >= 11 is 11.6. The van der Waals surface area contributed by atoms with Crippen molar-refractivity contribution in [2.75, 3.05) is 0 Å². The molecule has 3 heterocycles. The van der Waals surface area contributed by atoms with Crippen LogP contribution in [0.2, 0.25) is 10.0 Å². The monoisotopic (exact) mass is 772 g/mol. The number of carbonyl (C=O) groups excluding carboxylic acids is 2. The number of carbonyl (C=O) groups is 2. The molecule has 1 atom stereocenters. The summed E-state index contributed by atoms with van der Waals surface area (Å²) < 4.78 is 46.5. The minimum Gasteiger partial charge on any atom is -0.375 e. The summed E-state index contributed by atoms with van der Waals surface area (Å²) in [5.74, 6) is -0.416. The van der Waals surface area contributed by atoms with Crippen LogP contribution < -0.4 is 0 Å². The average Bonchev–Trinajstić information content (AvgIpc) is 3.93. The molecular weight excluding hydrogens is 744 g/mol. The first-order valence-electron chi connectivity index (χ1n) is 16.2. The number of nitro benzene ring substituents is 1. The zero-order chi connectivity index (χ0) is 38.6. The number of nitrogens with zero attached hydrogens (tertiary/aromatic N) is 3. The lowest BCUT2D eigenvalue weighted by atomic mass is 9.92. The van der Waals surface area contributed by atoms with E-state index in [2.05, 4.69) is 4.98 Å². The Kier molecular flexibility index (Phi) is 10.9. The van der Waals surface area contributed by atoms with E-state index >= 15 is 0 Å². The van der Waals surface area contributed by atoms with Gasteiger partial charge in [-0.3, -0.25) is 19.7 Å². The molecule has 4 aromatic carbocycles. The Hall–Kier alpha value is -5.95. The lowest BCUT2D eigenvalue weighted by Gasteiger charge is -2.31. The van der Waals surface area contributed by atoms with E-state index in [0.717, 1.165) is 16.2 Å². The van der Waals surface area contributed by atoms with Gasteiger partial charge in [0.1, 0.15) is 0 Å². The maximum Gasteiger partial charge on any atom is 0.423 e. The summed E-state index contributed by atoms with van der Waals surface area (Å²) in [6.45, 7) is -0.832. The predicted molar refractivity (Wildman–Crippen MR) is 199 cm³/mol. The Morgan fingerprint density at radius 2 is 1.39 bits per heavy atom. The Balaban J connectivity index is 0.000000297. The topological polar surface area (TPSA) is 123 Å². The molecule has 0 bridgehead atoms. The van der Waals surface area contributed by atoms with Crippen molar-refractivity contribution < 1.29 is 32.8 Å². The van der Waals surface area contributed by atoms with Gasteiger partial charge in [0.2, 0.25) is 5.60 Å². The first-order valence-corrected chi connectivity index (χ1v) is 17.0. The van der Waals surface area contributed by atoms with Gasteiger partial charge in [0.25, 0.3) is 5.69 Å². The highest BCUT2D eigenvalue weighted by Crippen LogP contribution is 2.44. The summed E-state index contributed by atoms with van der Waals surface area (Å²) in [6, 6.07) is 28.4. The second kappa shape index (κ2) is 15.6. The predicted octanol–water partition coefficient (Wildman–Crippen LogP) is 9.63. The van der Waals surface area contributed by atoms with E-state index in [1.54, 1.807) is 73.1 Å². The van der Waals surface area contributed by atoms with Crippen molar-refractivity contribution in [2.24, 2.45) is 0 Å². The number of H-pyrrole nitrogens is 1. The summed E-state index contributed by atoms with van der Waals surface area (Å²) in [4.78, 5) is 38.2. The molecule has 1 unspecified atom stereocenters. The normalized spacial score (nSPS) is 12.5. The van der Waals surface area contributed by atoms with E-state index in [1.165, 1.54) is 65.6 Å². The van der Waals surface area contributed by atoms with Crippen LogP contribution in [0.5, 0.6) is 0 Å². The molecular formula is C40H29Cl2F3N4O5. The molecule has 0 saturated heterocycles. The molecule has 0 aliphatic rings. The second-order valence-corrected chi connectivity index (χ2v) is 13.2. The number of ketones is 2. The maximum atomic E-state index is 14.7. The number of fused-ring (bicyclic) bond motifs is 1. The van der Waals surface area contributed by atoms with Gasteiger partial charge in [0.05, 0.1) is 17.0 Å². The van der Waals surface area contributed by atoms with Crippen LogP contribution in [-0.2, 0) is 18.7 Å². The van der Waals surface area contributed by atoms with Gasteiger partial charge < -0.3 is 19.2 Å². The van der Waals surface area contributed by atoms with E-state index in [4.69, 9.17) is 23.2 Å². The number of alkyl halides is 3. The minimum absolute atomic E-state index is 0.00270. The van der Waals surface area contributed by atoms with Crippen LogP contribution >= 0.6 is 23.2 Å². The van der Waals surface area contributed by atoms with Crippen LogP contribution in [0.25, 0.3) is 10.9 Å².